The number of methoxy groups -OCH3 is 2. The molecule has 1 N–H and O–H groups in total. The molecule has 1 aliphatic heterocycles. The maximum absolute atomic E-state index is 12.4. The highest BCUT2D eigenvalue weighted by atomic mass is 16.5. The van der Waals surface area contributed by atoms with Gasteiger partial charge >= 0.3 is 0 Å². The number of carbonyl (C=O) groups excluding carboxylic acids is 1. The van der Waals surface area contributed by atoms with Crippen LogP contribution in [0.3, 0.4) is 0 Å². The van der Waals surface area contributed by atoms with Crippen molar-refractivity contribution in [3.63, 3.8) is 0 Å². The fraction of sp³-hybridized carbons (Fsp3) is 0.611. The van der Waals surface area contributed by atoms with Crippen molar-refractivity contribution in [2.45, 2.75) is 19.8 Å². The first-order valence-electron chi connectivity index (χ1n) is 8.28. The Kier molecular flexibility index (Phi) is 6.86. The Labute approximate surface area is 139 Å². The molecule has 1 fully saturated rings. The van der Waals surface area contributed by atoms with Gasteiger partial charge in [-0.1, -0.05) is 11.6 Å². The van der Waals surface area contributed by atoms with Crippen molar-refractivity contribution in [3.8, 4) is 5.75 Å². The largest absolute Gasteiger partial charge is 0.496 e. The fourth-order valence-electron chi connectivity index (χ4n) is 2.97. The van der Waals surface area contributed by atoms with E-state index in [1.807, 2.05) is 25.1 Å². The highest BCUT2D eigenvalue weighted by Crippen LogP contribution is 2.20. The molecule has 1 saturated heterocycles. The van der Waals surface area contributed by atoms with E-state index in [9.17, 15) is 4.79 Å². The predicted octanol–water partition coefficient (Wildman–Crippen LogP) is 2.09. The summed E-state index contributed by atoms with van der Waals surface area (Å²) in [6.45, 7) is 6.65. The lowest BCUT2D eigenvalue weighted by molar-refractivity contribution is 0.0923. The van der Waals surface area contributed by atoms with Gasteiger partial charge < -0.3 is 19.7 Å². The number of nitrogens with zero attached hydrogens (tertiary/aromatic N) is 1. The van der Waals surface area contributed by atoms with Crippen LogP contribution < -0.4 is 10.1 Å². The third-order valence-corrected chi connectivity index (χ3v) is 4.47. The summed E-state index contributed by atoms with van der Waals surface area (Å²) in [5.74, 6) is 1.13. The third kappa shape index (κ3) is 5.22. The Morgan fingerprint density at radius 1 is 1.30 bits per heavy atom. The second-order valence-corrected chi connectivity index (χ2v) is 6.19. The first-order chi connectivity index (χ1) is 11.1. The molecule has 0 aromatic heterocycles. The number of benzene rings is 1. The van der Waals surface area contributed by atoms with E-state index in [4.69, 9.17) is 9.47 Å². The number of amides is 1. The van der Waals surface area contributed by atoms with Crippen LogP contribution >= 0.6 is 0 Å². The van der Waals surface area contributed by atoms with Crippen molar-refractivity contribution in [3.05, 3.63) is 29.3 Å². The minimum absolute atomic E-state index is 0.0487. The molecular weight excluding hydrogens is 292 g/mol. The standard InChI is InChI=1S/C18H28N2O3/c1-14-4-5-17(23-3)16(12-14)18(21)19-13-15-6-8-20(9-7-15)10-11-22-2/h4-5,12,15H,6-11,13H2,1-3H3,(H,19,21). The molecule has 0 bridgehead atoms. The summed E-state index contributed by atoms with van der Waals surface area (Å²) in [5.41, 5.74) is 1.67. The van der Waals surface area contributed by atoms with E-state index in [1.54, 1.807) is 14.2 Å². The van der Waals surface area contributed by atoms with Crippen LogP contribution in [-0.4, -0.2) is 57.8 Å². The van der Waals surface area contributed by atoms with E-state index in [0.717, 1.165) is 51.2 Å². The summed E-state index contributed by atoms with van der Waals surface area (Å²) in [7, 11) is 3.33. The van der Waals surface area contributed by atoms with Gasteiger partial charge in [-0.05, 0) is 50.9 Å². The third-order valence-electron chi connectivity index (χ3n) is 4.47. The van der Waals surface area contributed by atoms with E-state index < -0.39 is 0 Å². The molecule has 1 amide bonds. The van der Waals surface area contributed by atoms with Crippen molar-refractivity contribution in [2.75, 3.05) is 47.0 Å². The number of aryl methyl sites for hydroxylation is 1. The minimum atomic E-state index is -0.0487. The van der Waals surface area contributed by atoms with Gasteiger partial charge in [-0.25, -0.2) is 0 Å². The number of hydrogen-bond acceptors (Lipinski definition) is 4. The average Bonchev–Trinajstić information content (AvgIpc) is 2.58. The molecule has 1 aromatic rings. The molecule has 0 spiro atoms. The molecule has 1 aromatic carbocycles. The van der Waals surface area contributed by atoms with Gasteiger partial charge in [0.15, 0.2) is 0 Å². The maximum Gasteiger partial charge on any atom is 0.255 e. The molecule has 0 saturated carbocycles. The molecule has 128 valence electrons. The number of nitrogens with one attached hydrogen (secondary N) is 1. The van der Waals surface area contributed by atoms with Crippen molar-refractivity contribution >= 4 is 5.91 Å². The smallest absolute Gasteiger partial charge is 0.255 e. The van der Waals surface area contributed by atoms with Crippen LogP contribution in [0.25, 0.3) is 0 Å². The molecule has 23 heavy (non-hydrogen) atoms. The van der Waals surface area contributed by atoms with Gasteiger partial charge in [0.05, 0.1) is 19.3 Å². The summed E-state index contributed by atoms with van der Waals surface area (Å²) in [6.07, 6.45) is 2.24. The second kappa shape index (κ2) is 8.89. The Bertz CT molecular complexity index is 511. The first kappa shape index (κ1) is 17.8. The summed E-state index contributed by atoms with van der Waals surface area (Å²) in [4.78, 5) is 14.8. The van der Waals surface area contributed by atoms with Crippen molar-refractivity contribution in [1.29, 1.82) is 0 Å². The summed E-state index contributed by atoms with van der Waals surface area (Å²) in [5, 5.41) is 3.07. The fourth-order valence-corrected chi connectivity index (χ4v) is 2.97. The minimum Gasteiger partial charge on any atom is -0.496 e. The Hall–Kier alpha value is -1.59. The van der Waals surface area contributed by atoms with E-state index in [-0.39, 0.29) is 5.91 Å². The number of rotatable bonds is 7. The number of likely N-dealkylation sites (tertiary alicyclic amines) is 1. The van der Waals surface area contributed by atoms with Crippen LogP contribution in [-0.2, 0) is 4.74 Å². The normalized spacial score (nSPS) is 16.3. The lowest BCUT2D eigenvalue weighted by Gasteiger charge is -2.31. The zero-order chi connectivity index (χ0) is 16.7. The molecule has 0 atom stereocenters. The molecule has 0 unspecified atom stereocenters. The van der Waals surface area contributed by atoms with Gasteiger partial charge in [-0.3, -0.25) is 4.79 Å². The highest BCUT2D eigenvalue weighted by Gasteiger charge is 2.20. The van der Waals surface area contributed by atoms with Crippen LogP contribution in [0.2, 0.25) is 0 Å². The van der Waals surface area contributed by atoms with Crippen molar-refractivity contribution in [1.82, 2.24) is 10.2 Å². The molecule has 1 heterocycles. The van der Waals surface area contributed by atoms with Crippen LogP contribution in [0, 0.1) is 12.8 Å². The zero-order valence-corrected chi connectivity index (χ0v) is 14.4. The number of carbonyl (C=O) groups is 1. The maximum atomic E-state index is 12.4. The van der Waals surface area contributed by atoms with E-state index >= 15 is 0 Å². The first-order valence-corrected chi connectivity index (χ1v) is 8.28. The van der Waals surface area contributed by atoms with E-state index in [0.29, 0.717) is 17.2 Å². The lowest BCUT2D eigenvalue weighted by Crippen LogP contribution is -2.39. The van der Waals surface area contributed by atoms with Gasteiger partial charge in [0.25, 0.3) is 5.91 Å². The second-order valence-electron chi connectivity index (χ2n) is 6.19. The Balaban J connectivity index is 1.80. The molecule has 5 heteroatoms. The van der Waals surface area contributed by atoms with Gasteiger partial charge in [0, 0.05) is 20.2 Å². The molecule has 1 aliphatic rings. The number of ether oxygens (including phenoxy) is 2. The van der Waals surface area contributed by atoms with E-state index in [2.05, 4.69) is 10.2 Å². The lowest BCUT2D eigenvalue weighted by atomic mass is 9.96. The number of hydrogen-bond donors (Lipinski definition) is 1. The number of piperidine rings is 1. The summed E-state index contributed by atoms with van der Waals surface area (Å²) < 4.78 is 10.4. The Morgan fingerprint density at radius 2 is 2.04 bits per heavy atom. The van der Waals surface area contributed by atoms with Crippen LogP contribution in [0.5, 0.6) is 5.75 Å². The topological polar surface area (TPSA) is 50.8 Å². The predicted molar refractivity (Wildman–Crippen MR) is 91.1 cm³/mol. The zero-order valence-electron chi connectivity index (χ0n) is 14.4. The summed E-state index contributed by atoms with van der Waals surface area (Å²) in [6, 6.07) is 5.67. The summed E-state index contributed by atoms with van der Waals surface area (Å²) >= 11 is 0. The molecule has 2 rings (SSSR count). The van der Waals surface area contributed by atoms with Gasteiger partial charge in [0.2, 0.25) is 0 Å². The van der Waals surface area contributed by atoms with Crippen molar-refractivity contribution in [2.24, 2.45) is 5.92 Å². The monoisotopic (exact) mass is 320 g/mol. The van der Waals surface area contributed by atoms with Gasteiger partial charge in [0.1, 0.15) is 5.75 Å². The molecule has 5 nitrogen and oxygen atoms in total. The molecule has 0 aliphatic carbocycles. The Morgan fingerprint density at radius 3 is 2.70 bits per heavy atom. The highest BCUT2D eigenvalue weighted by molar-refractivity contribution is 5.97. The van der Waals surface area contributed by atoms with E-state index in [1.165, 1.54) is 0 Å². The van der Waals surface area contributed by atoms with Crippen LogP contribution in [0.15, 0.2) is 18.2 Å². The van der Waals surface area contributed by atoms with Gasteiger partial charge in [-0.2, -0.15) is 0 Å². The van der Waals surface area contributed by atoms with Crippen molar-refractivity contribution < 1.29 is 14.3 Å². The quantitative estimate of drug-likeness (QED) is 0.836. The molecular formula is C18H28N2O3. The van der Waals surface area contributed by atoms with Crippen LogP contribution in [0.1, 0.15) is 28.8 Å². The molecule has 0 radical (unpaired) electrons. The van der Waals surface area contributed by atoms with Crippen LogP contribution in [0.4, 0.5) is 0 Å². The SMILES string of the molecule is COCCN1CCC(CNC(=O)c2cc(C)ccc2OC)CC1. The average molecular weight is 320 g/mol. The van der Waals surface area contributed by atoms with Gasteiger partial charge in [-0.15, -0.1) is 0 Å².